The maximum absolute atomic E-state index is 13.3. The van der Waals surface area contributed by atoms with E-state index in [-0.39, 0.29) is 4.83 Å². The minimum absolute atomic E-state index is 0.232. The number of aryl methyl sites for hydroxylation is 2. The van der Waals surface area contributed by atoms with E-state index in [1.165, 1.54) is 12.1 Å². The lowest BCUT2D eigenvalue weighted by atomic mass is 9.98. The van der Waals surface area contributed by atoms with E-state index < -0.39 is 11.6 Å². The van der Waals surface area contributed by atoms with Gasteiger partial charge in [0.1, 0.15) is 11.6 Å². The minimum Gasteiger partial charge on any atom is -0.207 e. The first-order valence-corrected chi connectivity index (χ1v) is 7.46. The van der Waals surface area contributed by atoms with Crippen molar-refractivity contribution in [3.63, 3.8) is 0 Å². The van der Waals surface area contributed by atoms with Gasteiger partial charge in [0.05, 0.1) is 4.83 Å². The maximum Gasteiger partial charge on any atom is 0.126 e. The monoisotopic (exact) mass is 388 g/mol. The van der Waals surface area contributed by atoms with Gasteiger partial charge >= 0.3 is 0 Å². The highest BCUT2D eigenvalue weighted by atomic mass is 79.9. The standard InChI is InChI=1S/C15H12Br2F2/c1-8-4-14(16)9(2)3-13(8)15(17)10-5-11(18)7-12(19)6-10/h3-7,15H,1-2H3. The van der Waals surface area contributed by atoms with Crippen LogP contribution in [0.2, 0.25) is 0 Å². The second kappa shape index (κ2) is 5.71. The Morgan fingerprint density at radius 3 is 2.05 bits per heavy atom. The molecule has 0 fully saturated rings. The van der Waals surface area contributed by atoms with E-state index in [0.29, 0.717) is 5.56 Å². The van der Waals surface area contributed by atoms with Gasteiger partial charge in [0.15, 0.2) is 0 Å². The van der Waals surface area contributed by atoms with Crippen LogP contribution in [-0.4, -0.2) is 0 Å². The number of benzene rings is 2. The average Bonchev–Trinajstić information content (AvgIpc) is 2.31. The molecule has 0 aliphatic carbocycles. The van der Waals surface area contributed by atoms with Gasteiger partial charge < -0.3 is 0 Å². The summed E-state index contributed by atoms with van der Waals surface area (Å²) in [4.78, 5) is -0.232. The quantitative estimate of drug-likeness (QED) is 0.567. The van der Waals surface area contributed by atoms with Crippen molar-refractivity contribution in [1.29, 1.82) is 0 Å². The van der Waals surface area contributed by atoms with Crippen molar-refractivity contribution < 1.29 is 8.78 Å². The van der Waals surface area contributed by atoms with Crippen molar-refractivity contribution in [1.82, 2.24) is 0 Å². The van der Waals surface area contributed by atoms with Crippen LogP contribution in [0, 0.1) is 25.5 Å². The summed E-state index contributed by atoms with van der Waals surface area (Å²) < 4.78 is 27.6. The normalized spacial score (nSPS) is 12.5. The van der Waals surface area contributed by atoms with Crippen LogP contribution in [0.3, 0.4) is 0 Å². The van der Waals surface area contributed by atoms with Gasteiger partial charge in [-0.05, 0) is 54.3 Å². The van der Waals surface area contributed by atoms with E-state index in [1.807, 2.05) is 26.0 Å². The Morgan fingerprint density at radius 1 is 0.895 bits per heavy atom. The summed E-state index contributed by atoms with van der Waals surface area (Å²) in [5, 5.41) is 0. The van der Waals surface area contributed by atoms with E-state index >= 15 is 0 Å². The van der Waals surface area contributed by atoms with Gasteiger partial charge in [-0.15, -0.1) is 0 Å². The van der Waals surface area contributed by atoms with Crippen LogP contribution in [0.25, 0.3) is 0 Å². The topological polar surface area (TPSA) is 0 Å². The lowest BCUT2D eigenvalue weighted by Crippen LogP contribution is -1.99. The SMILES string of the molecule is Cc1cc(C(Br)c2cc(F)cc(F)c2)c(C)cc1Br. The number of hydrogen-bond donors (Lipinski definition) is 0. The Labute approximate surface area is 128 Å². The largest absolute Gasteiger partial charge is 0.207 e. The molecule has 100 valence electrons. The molecular weight excluding hydrogens is 378 g/mol. The second-order valence-corrected chi connectivity index (χ2v) is 6.29. The van der Waals surface area contributed by atoms with Crippen molar-refractivity contribution >= 4 is 31.9 Å². The molecule has 0 saturated heterocycles. The molecule has 0 amide bonds. The summed E-state index contributed by atoms with van der Waals surface area (Å²) in [6, 6.07) is 7.60. The van der Waals surface area contributed by atoms with Crippen LogP contribution in [-0.2, 0) is 0 Å². The molecule has 1 unspecified atom stereocenters. The molecule has 0 saturated carbocycles. The van der Waals surface area contributed by atoms with Crippen LogP contribution in [0.1, 0.15) is 27.1 Å². The van der Waals surface area contributed by atoms with E-state index in [1.54, 1.807) is 0 Å². The zero-order valence-corrected chi connectivity index (χ0v) is 13.6. The highest BCUT2D eigenvalue weighted by Gasteiger charge is 2.16. The number of rotatable bonds is 2. The van der Waals surface area contributed by atoms with Crippen molar-refractivity contribution in [2.45, 2.75) is 18.7 Å². The van der Waals surface area contributed by atoms with Gasteiger partial charge in [0.25, 0.3) is 0 Å². The van der Waals surface area contributed by atoms with Crippen LogP contribution in [0.4, 0.5) is 8.78 Å². The van der Waals surface area contributed by atoms with Gasteiger partial charge in [-0.1, -0.05) is 37.9 Å². The number of alkyl halides is 1. The number of halogens is 4. The predicted octanol–water partition coefficient (Wildman–Crippen LogP) is 5.83. The Balaban J connectivity index is 2.49. The highest BCUT2D eigenvalue weighted by Crippen LogP contribution is 2.35. The molecule has 2 aromatic carbocycles. The van der Waals surface area contributed by atoms with Crippen LogP contribution >= 0.6 is 31.9 Å². The fourth-order valence-corrected chi connectivity index (χ4v) is 3.19. The van der Waals surface area contributed by atoms with Crippen LogP contribution < -0.4 is 0 Å². The van der Waals surface area contributed by atoms with Crippen molar-refractivity contribution in [2.24, 2.45) is 0 Å². The van der Waals surface area contributed by atoms with Crippen LogP contribution in [0.15, 0.2) is 34.8 Å². The van der Waals surface area contributed by atoms with E-state index in [0.717, 1.165) is 27.2 Å². The molecule has 0 heterocycles. The molecule has 4 heteroatoms. The van der Waals surface area contributed by atoms with Gasteiger partial charge in [0, 0.05) is 10.5 Å². The molecule has 0 aliphatic heterocycles. The summed E-state index contributed by atoms with van der Waals surface area (Å²) in [6.07, 6.45) is 0. The molecule has 0 N–H and O–H groups in total. The summed E-state index contributed by atoms with van der Waals surface area (Å²) in [7, 11) is 0. The van der Waals surface area contributed by atoms with E-state index in [2.05, 4.69) is 31.9 Å². The third-order valence-electron chi connectivity index (χ3n) is 3.00. The molecule has 19 heavy (non-hydrogen) atoms. The molecule has 1 atom stereocenters. The molecule has 0 aliphatic rings. The summed E-state index contributed by atoms with van der Waals surface area (Å²) in [5.41, 5.74) is 3.72. The average molecular weight is 390 g/mol. The lowest BCUT2D eigenvalue weighted by molar-refractivity contribution is 0.580. The van der Waals surface area contributed by atoms with Gasteiger partial charge in [-0.25, -0.2) is 8.78 Å². The Bertz CT molecular complexity index is 604. The summed E-state index contributed by atoms with van der Waals surface area (Å²) in [6.45, 7) is 3.96. The first-order valence-electron chi connectivity index (χ1n) is 5.75. The van der Waals surface area contributed by atoms with Crippen molar-refractivity contribution in [2.75, 3.05) is 0 Å². The Kier molecular flexibility index (Phi) is 4.41. The predicted molar refractivity (Wildman–Crippen MR) is 80.7 cm³/mol. The third kappa shape index (κ3) is 3.23. The highest BCUT2D eigenvalue weighted by molar-refractivity contribution is 9.10. The molecule has 0 aromatic heterocycles. The number of hydrogen-bond acceptors (Lipinski definition) is 0. The first-order chi connectivity index (χ1) is 8.88. The smallest absolute Gasteiger partial charge is 0.126 e. The van der Waals surface area contributed by atoms with Crippen molar-refractivity contribution in [3.8, 4) is 0 Å². The molecular formula is C15H12Br2F2. The fourth-order valence-electron chi connectivity index (χ4n) is 1.98. The van der Waals surface area contributed by atoms with Gasteiger partial charge in [-0.3, -0.25) is 0 Å². The summed E-state index contributed by atoms with van der Waals surface area (Å²) in [5.74, 6) is -1.13. The fraction of sp³-hybridized carbons (Fsp3) is 0.200. The minimum atomic E-state index is -0.564. The third-order valence-corrected chi connectivity index (χ3v) is 4.87. The molecule has 0 spiro atoms. The molecule has 2 aromatic rings. The zero-order valence-electron chi connectivity index (χ0n) is 10.5. The van der Waals surface area contributed by atoms with Gasteiger partial charge in [-0.2, -0.15) is 0 Å². The van der Waals surface area contributed by atoms with Gasteiger partial charge in [0.2, 0.25) is 0 Å². The van der Waals surface area contributed by atoms with E-state index in [9.17, 15) is 8.78 Å². The van der Waals surface area contributed by atoms with Crippen molar-refractivity contribution in [3.05, 3.63) is 68.7 Å². The molecule has 0 radical (unpaired) electrons. The molecule has 0 bridgehead atoms. The Morgan fingerprint density at radius 2 is 1.47 bits per heavy atom. The second-order valence-electron chi connectivity index (χ2n) is 4.52. The van der Waals surface area contributed by atoms with Crippen LogP contribution in [0.5, 0.6) is 0 Å². The van der Waals surface area contributed by atoms with E-state index in [4.69, 9.17) is 0 Å². The lowest BCUT2D eigenvalue weighted by Gasteiger charge is -2.15. The summed E-state index contributed by atoms with van der Waals surface area (Å²) >= 11 is 7.00. The maximum atomic E-state index is 13.3. The first kappa shape index (κ1) is 14.7. The molecule has 0 nitrogen and oxygen atoms in total. The Hall–Kier alpha value is -0.740. The zero-order chi connectivity index (χ0) is 14.2. The molecule has 2 rings (SSSR count).